The Bertz CT molecular complexity index is 660. The third-order valence-electron chi connectivity index (χ3n) is 3.03. The summed E-state index contributed by atoms with van der Waals surface area (Å²) in [5.74, 6) is -4.14. The predicted molar refractivity (Wildman–Crippen MR) is 74.9 cm³/mol. The van der Waals surface area contributed by atoms with Gasteiger partial charge in [-0.2, -0.15) is 4.99 Å². The largest absolute Gasteiger partial charge is 0.370 e. The van der Waals surface area contributed by atoms with Gasteiger partial charge in [-0.15, -0.1) is 0 Å². The first-order valence-electron chi connectivity index (χ1n) is 6.15. The number of benzene rings is 1. The zero-order valence-electron chi connectivity index (χ0n) is 11.0. The molecule has 0 amide bonds. The fourth-order valence-electron chi connectivity index (χ4n) is 2.17. The van der Waals surface area contributed by atoms with E-state index in [1.54, 1.807) is 6.08 Å². The smallest absolute Gasteiger partial charge is 0.218 e. The fraction of sp³-hybridized carbons (Fsp3) is 0.231. The number of hydrogen-bond acceptors (Lipinski definition) is 1. The molecule has 0 fully saturated rings. The number of nitrogens with two attached hydrogens (primary N) is 3. The van der Waals surface area contributed by atoms with Crippen LogP contribution in [0.25, 0.3) is 5.57 Å². The molecule has 8 heteroatoms. The lowest BCUT2D eigenvalue weighted by molar-refractivity contribution is 0.444. The average molecular weight is 297 g/mol. The highest BCUT2D eigenvalue weighted by molar-refractivity contribution is 5.92. The van der Waals surface area contributed by atoms with Crippen LogP contribution in [-0.2, 0) is 6.42 Å². The summed E-state index contributed by atoms with van der Waals surface area (Å²) in [6.45, 7) is 0.201. The zero-order valence-corrected chi connectivity index (χ0v) is 11.0. The lowest BCUT2D eigenvalue weighted by atomic mass is 10.0. The summed E-state index contributed by atoms with van der Waals surface area (Å²) in [5.41, 5.74) is 16.8. The Morgan fingerprint density at radius 1 is 1.14 bits per heavy atom. The van der Waals surface area contributed by atoms with Gasteiger partial charge in [0.2, 0.25) is 5.96 Å². The number of guanidine groups is 2. The molecule has 1 aromatic carbocycles. The van der Waals surface area contributed by atoms with Crippen LogP contribution in [-0.4, -0.2) is 18.5 Å². The van der Waals surface area contributed by atoms with Gasteiger partial charge in [0.1, 0.15) is 0 Å². The Labute approximate surface area is 119 Å². The quantitative estimate of drug-likeness (QED) is 0.441. The minimum Gasteiger partial charge on any atom is -0.370 e. The van der Waals surface area contributed by atoms with Crippen molar-refractivity contribution in [2.45, 2.75) is 12.8 Å². The monoisotopic (exact) mass is 297 g/mol. The maximum Gasteiger partial charge on any atom is 0.218 e. The molecule has 0 unspecified atom stereocenters. The van der Waals surface area contributed by atoms with Crippen molar-refractivity contribution in [2.75, 3.05) is 6.54 Å². The maximum atomic E-state index is 13.8. The van der Waals surface area contributed by atoms with Crippen molar-refractivity contribution >= 4 is 17.5 Å². The Balaban J connectivity index is 2.14. The van der Waals surface area contributed by atoms with E-state index in [1.165, 1.54) is 0 Å². The van der Waals surface area contributed by atoms with Gasteiger partial charge in [-0.05, 0) is 30.0 Å². The summed E-state index contributed by atoms with van der Waals surface area (Å²) < 4.78 is 40.2. The number of fused-ring (bicyclic) bond motifs is 1. The van der Waals surface area contributed by atoms with E-state index in [0.717, 1.165) is 6.07 Å². The first-order chi connectivity index (χ1) is 9.90. The highest BCUT2D eigenvalue weighted by Crippen LogP contribution is 2.34. The molecule has 5 nitrogen and oxygen atoms in total. The van der Waals surface area contributed by atoms with E-state index in [-0.39, 0.29) is 24.0 Å². The van der Waals surface area contributed by atoms with Gasteiger partial charge in [0.05, 0.1) is 0 Å². The molecule has 0 saturated heterocycles. The number of rotatable bonds is 3. The number of halogens is 3. The maximum absolute atomic E-state index is 13.8. The lowest BCUT2D eigenvalue weighted by Gasteiger charge is -2.07. The van der Waals surface area contributed by atoms with E-state index < -0.39 is 17.5 Å². The predicted octanol–water partition coefficient (Wildman–Crippen LogP) is 1.02. The molecule has 0 bridgehead atoms. The molecule has 6 N–H and O–H groups in total. The molecule has 112 valence electrons. The van der Waals surface area contributed by atoms with Crippen LogP contribution in [0.4, 0.5) is 13.2 Å². The van der Waals surface area contributed by atoms with Gasteiger partial charge in [-0.25, -0.2) is 13.2 Å². The highest BCUT2D eigenvalue weighted by Gasteiger charge is 2.24. The van der Waals surface area contributed by atoms with Gasteiger partial charge in [0.15, 0.2) is 23.4 Å². The van der Waals surface area contributed by atoms with Crippen molar-refractivity contribution in [1.29, 1.82) is 0 Å². The second kappa shape index (κ2) is 5.86. The molecule has 1 aliphatic carbocycles. The van der Waals surface area contributed by atoms with Gasteiger partial charge in [0.25, 0.3) is 0 Å². The van der Waals surface area contributed by atoms with Crippen molar-refractivity contribution in [3.8, 4) is 0 Å². The first kappa shape index (κ1) is 14.9. The van der Waals surface area contributed by atoms with E-state index in [2.05, 4.69) is 9.98 Å². The summed E-state index contributed by atoms with van der Waals surface area (Å²) in [4.78, 5) is 7.41. The van der Waals surface area contributed by atoms with E-state index >= 15 is 0 Å². The van der Waals surface area contributed by atoms with Crippen molar-refractivity contribution in [3.63, 3.8) is 0 Å². The summed E-state index contributed by atoms with van der Waals surface area (Å²) in [7, 11) is 0. The van der Waals surface area contributed by atoms with E-state index in [9.17, 15) is 13.2 Å². The van der Waals surface area contributed by atoms with Gasteiger partial charge in [-0.1, -0.05) is 6.08 Å². The molecule has 0 aliphatic heterocycles. The van der Waals surface area contributed by atoms with E-state index in [4.69, 9.17) is 17.2 Å². The average Bonchev–Trinajstić information content (AvgIpc) is 2.78. The Hall–Kier alpha value is -2.51. The highest BCUT2D eigenvalue weighted by atomic mass is 19.2. The van der Waals surface area contributed by atoms with Crippen LogP contribution in [0.15, 0.2) is 22.1 Å². The van der Waals surface area contributed by atoms with Gasteiger partial charge < -0.3 is 17.2 Å². The molecular weight excluding hydrogens is 283 g/mol. The second-order valence-corrected chi connectivity index (χ2v) is 4.48. The lowest BCUT2D eigenvalue weighted by Crippen LogP contribution is -2.26. The molecule has 0 radical (unpaired) electrons. The molecule has 21 heavy (non-hydrogen) atoms. The van der Waals surface area contributed by atoms with Crippen LogP contribution >= 0.6 is 0 Å². The SMILES string of the molecule is NC(N)=NC(N)=NCCC1=CCc2cc(F)c(F)c(F)c21. The number of hydrogen-bond donors (Lipinski definition) is 3. The first-order valence-corrected chi connectivity index (χ1v) is 6.15. The van der Waals surface area contributed by atoms with Crippen LogP contribution in [0, 0.1) is 17.5 Å². The van der Waals surface area contributed by atoms with Crippen molar-refractivity contribution in [2.24, 2.45) is 27.2 Å². The van der Waals surface area contributed by atoms with Crippen LogP contribution in [0.1, 0.15) is 17.5 Å². The minimum absolute atomic E-state index is 0.0976. The fourth-order valence-corrected chi connectivity index (χ4v) is 2.17. The Morgan fingerprint density at radius 2 is 1.86 bits per heavy atom. The molecule has 0 spiro atoms. The topological polar surface area (TPSA) is 103 Å². The van der Waals surface area contributed by atoms with Crippen molar-refractivity contribution in [1.82, 2.24) is 0 Å². The van der Waals surface area contributed by atoms with Gasteiger partial charge in [-0.3, -0.25) is 4.99 Å². The van der Waals surface area contributed by atoms with Crippen LogP contribution < -0.4 is 17.2 Å². The van der Waals surface area contributed by atoms with E-state index in [0.29, 0.717) is 24.0 Å². The van der Waals surface area contributed by atoms with Crippen molar-refractivity contribution < 1.29 is 13.2 Å². The van der Waals surface area contributed by atoms with Gasteiger partial charge >= 0.3 is 0 Å². The molecule has 0 aromatic heterocycles. The number of allylic oxidation sites excluding steroid dienone is 1. The van der Waals surface area contributed by atoms with Crippen LogP contribution in [0.2, 0.25) is 0 Å². The van der Waals surface area contributed by atoms with E-state index in [1.807, 2.05) is 0 Å². The van der Waals surface area contributed by atoms with Crippen molar-refractivity contribution in [3.05, 3.63) is 40.7 Å². The summed E-state index contributed by atoms with van der Waals surface area (Å²) >= 11 is 0. The third kappa shape index (κ3) is 3.15. The number of nitrogens with zero attached hydrogens (tertiary/aromatic N) is 2. The standard InChI is InChI=1S/C13H14F3N5/c14-8-5-7-2-1-6(9(7)11(16)10(8)15)3-4-20-13(19)21-12(17)18/h1,5H,2-4H2,(H6,17,18,19,20,21). The molecule has 1 aromatic rings. The third-order valence-corrected chi connectivity index (χ3v) is 3.03. The van der Waals surface area contributed by atoms with Crippen LogP contribution in [0.5, 0.6) is 0 Å². The second-order valence-electron chi connectivity index (χ2n) is 4.48. The molecule has 2 rings (SSSR count). The summed E-state index contributed by atoms with van der Waals surface area (Å²) in [6, 6.07) is 1.01. The molecule has 0 atom stereocenters. The molecule has 0 saturated carbocycles. The molecule has 0 heterocycles. The number of aliphatic imine (C=N–C) groups is 2. The Kier molecular flexibility index (Phi) is 4.15. The molecular formula is C13H14F3N5. The van der Waals surface area contributed by atoms with Crippen LogP contribution in [0.3, 0.4) is 0 Å². The summed E-state index contributed by atoms with van der Waals surface area (Å²) in [6.07, 6.45) is 2.38. The Morgan fingerprint density at radius 3 is 2.52 bits per heavy atom. The van der Waals surface area contributed by atoms with Gasteiger partial charge in [0, 0.05) is 12.1 Å². The minimum atomic E-state index is -1.47. The normalized spacial score (nSPS) is 13.9. The zero-order chi connectivity index (χ0) is 15.6. The molecule has 1 aliphatic rings. The summed E-state index contributed by atoms with van der Waals surface area (Å²) in [5, 5.41) is 0.